The first-order valence-corrected chi connectivity index (χ1v) is 8.12. The van der Waals surface area contributed by atoms with E-state index in [4.69, 9.17) is 4.74 Å². The molecule has 4 amide bonds. The van der Waals surface area contributed by atoms with Gasteiger partial charge in [-0.1, -0.05) is 0 Å². The number of ether oxygens (including phenoxy) is 1. The van der Waals surface area contributed by atoms with E-state index in [9.17, 15) is 28.4 Å². The Labute approximate surface area is 153 Å². The molecule has 0 aliphatic carbocycles. The van der Waals surface area contributed by atoms with Crippen LogP contribution < -0.4 is 10.6 Å². The number of benzene rings is 1. The van der Waals surface area contributed by atoms with Gasteiger partial charge in [-0.2, -0.15) is 0 Å². The Morgan fingerprint density at radius 2 is 2.04 bits per heavy atom. The smallest absolute Gasteiger partial charge is 0.324 e. The van der Waals surface area contributed by atoms with Crippen molar-refractivity contribution in [2.24, 2.45) is 0 Å². The van der Waals surface area contributed by atoms with E-state index in [2.05, 4.69) is 10.6 Å². The lowest BCUT2D eigenvalue weighted by molar-refractivity contribution is -0.143. The highest BCUT2D eigenvalue weighted by molar-refractivity contribution is 6.02. The van der Waals surface area contributed by atoms with Crippen LogP contribution in [0.25, 0.3) is 0 Å². The first-order valence-electron chi connectivity index (χ1n) is 8.12. The Hall–Kier alpha value is -3.30. The van der Waals surface area contributed by atoms with E-state index in [1.54, 1.807) is 0 Å². The van der Waals surface area contributed by atoms with Gasteiger partial charge in [0.25, 0.3) is 0 Å². The van der Waals surface area contributed by atoms with Crippen LogP contribution in [0.1, 0.15) is 30.1 Å². The van der Waals surface area contributed by atoms with Crippen molar-refractivity contribution in [3.8, 4) is 0 Å². The minimum absolute atomic E-state index is 0.0625. The summed E-state index contributed by atoms with van der Waals surface area (Å²) in [7, 11) is 0. The number of hydrogen-bond donors (Lipinski definition) is 2. The zero-order chi connectivity index (χ0) is 20.0. The van der Waals surface area contributed by atoms with Crippen LogP contribution in [0.2, 0.25) is 0 Å². The molecule has 1 aromatic carbocycles. The second kappa shape index (κ2) is 8.88. The summed E-state index contributed by atoms with van der Waals surface area (Å²) in [5.74, 6) is -3.03. The van der Waals surface area contributed by atoms with Crippen molar-refractivity contribution in [1.82, 2.24) is 10.2 Å². The summed E-state index contributed by atoms with van der Waals surface area (Å²) in [4.78, 5) is 58.2. The van der Waals surface area contributed by atoms with Crippen molar-refractivity contribution in [3.05, 3.63) is 29.6 Å². The standard InChI is InChI=1S/C17H18FN3O6/c1-10(22)20-11-4-5-12(13(18)7-11)14(23)9-27-16(25)3-2-6-21-15(24)8-19-17(21)26/h4-5,7H,2-3,6,8-9H2,1H3,(H,19,26)(H,20,22). The molecule has 1 aliphatic rings. The zero-order valence-electron chi connectivity index (χ0n) is 14.5. The van der Waals surface area contributed by atoms with Gasteiger partial charge in [-0.25, -0.2) is 9.18 Å². The maximum Gasteiger partial charge on any atom is 0.324 e. The Balaban J connectivity index is 1.77. The Morgan fingerprint density at radius 3 is 2.63 bits per heavy atom. The van der Waals surface area contributed by atoms with Crippen molar-refractivity contribution in [2.75, 3.05) is 25.0 Å². The first-order chi connectivity index (χ1) is 12.8. The molecule has 27 heavy (non-hydrogen) atoms. The maximum atomic E-state index is 13.9. The van der Waals surface area contributed by atoms with E-state index >= 15 is 0 Å². The third-order valence-electron chi connectivity index (χ3n) is 3.65. The SMILES string of the molecule is CC(=O)Nc1ccc(C(=O)COC(=O)CCCN2C(=O)CNC2=O)c(F)c1. The summed E-state index contributed by atoms with van der Waals surface area (Å²) < 4.78 is 18.7. The summed E-state index contributed by atoms with van der Waals surface area (Å²) >= 11 is 0. The highest BCUT2D eigenvalue weighted by atomic mass is 19.1. The number of nitrogens with one attached hydrogen (secondary N) is 2. The van der Waals surface area contributed by atoms with Gasteiger partial charge in [-0.3, -0.25) is 24.1 Å². The molecular weight excluding hydrogens is 361 g/mol. The predicted octanol–water partition coefficient (Wildman–Crippen LogP) is 0.842. The topological polar surface area (TPSA) is 122 Å². The molecule has 1 fully saturated rings. The highest BCUT2D eigenvalue weighted by Gasteiger charge is 2.27. The molecule has 0 saturated carbocycles. The lowest BCUT2D eigenvalue weighted by Crippen LogP contribution is -2.32. The molecule has 1 aliphatic heterocycles. The number of carbonyl (C=O) groups excluding carboxylic acids is 5. The number of halogens is 1. The number of hydrogen-bond acceptors (Lipinski definition) is 6. The van der Waals surface area contributed by atoms with E-state index in [0.717, 1.165) is 11.0 Å². The molecule has 2 N–H and O–H groups in total. The minimum atomic E-state index is -0.846. The number of urea groups is 1. The molecule has 144 valence electrons. The van der Waals surface area contributed by atoms with Crippen LogP contribution in [0.15, 0.2) is 18.2 Å². The molecule has 1 aromatic rings. The molecule has 0 atom stereocenters. The Kier molecular flexibility index (Phi) is 6.58. The van der Waals surface area contributed by atoms with Gasteiger partial charge in [0.05, 0.1) is 12.1 Å². The van der Waals surface area contributed by atoms with Crippen LogP contribution in [0.3, 0.4) is 0 Å². The number of ketones is 1. The molecule has 1 heterocycles. The fraction of sp³-hybridized carbons (Fsp3) is 0.353. The summed E-state index contributed by atoms with van der Waals surface area (Å²) in [5, 5.41) is 4.74. The summed E-state index contributed by atoms with van der Waals surface area (Å²) in [6, 6.07) is 3.03. The van der Waals surface area contributed by atoms with Crippen LogP contribution in [-0.4, -0.2) is 54.2 Å². The van der Waals surface area contributed by atoms with E-state index < -0.39 is 30.2 Å². The van der Waals surface area contributed by atoms with Crippen LogP contribution in [0, 0.1) is 5.82 Å². The average molecular weight is 379 g/mol. The summed E-state index contributed by atoms with van der Waals surface area (Å²) in [6.45, 7) is 0.623. The number of esters is 1. The van der Waals surface area contributed by atoms with Crippen molar-refractivity contribution in [3.63, 3.8) is 0 Å². The van der Waals surface area contributed by atoms with Crippen LogP contribution in [0.5, 0.6) is 0 Å². The fourth-order valence-electron chi connectivity index (χ4n) is 2.38. The molecule has 9 nitrogen and oxygen atoms in total. The lowest BCUT2D eigenvalue weighted by Gasteiger charge is -2.11. The number of imide groups is 1. The molecule has 0 aromatic heterocycles. The first kappa shape index (κ1) is 20.0. The van der Waals surface area contributed by atoms with Gasteiger partial charge in [0, 0.05) is 25.6 Å². The zero-order valence-corrected chi connectivity index (χ0v) is 14.5. The molecular formula is C17H18FN3O6. The van der Waals surface area contributed by atoms with Crippen molar-refractivity contribution >= 4 is 35.3 Å². The number of nitrogens with zero attached hydrogens (tertiary/aromatic N) is 1. The second-order valence-corrected chi connectivity index (χ2v) is 5.77. The highest BCUT2D eigenvalue weighted by Crippen LogP contribution is 2.15. The quantitative estimate of drug-likeness (QED) is 0.392. The molecule has 0 unspecified atom stereocenters. The maximum absolute atomic E-state index is 13.9. The number of amides is 4. The van der Waals surface area contributed by atoms with Gasteiger partial charge in [0.1, 0.15) is 5.82 Å². The van der Waals surface area contributed by atoms with E-state index in [1.165, 1.54) is 19.1 Å². The summed E-state index contributed by atoms with van der Waals surface area (Å²) in [5.41, 5.74) is -0.0646. The van der Waals surface area contributed by atoms with Gasteiger partial charge in [0.15, 0.2) is 6.61 Å². The number of carbonyl (C=O) groups is 5. The van der Waals surface area contributed by atoms with E-state index in [-0.39, 0.29) is 49.0 Å². The third kappa shape index (κ3) is 5.59. The second-order valence-electron chi connectivity index (χ2n) is 5.77. The van der Waals surface area contributed by atoms with Gasteiger partial charge >= 0.3 is 12.0 Å². The van der Waals surface area contributed by atoms with Gasteiger partial charge in [0.2, 0.25) is 17.6 Å². The lowest BCUT2D eigenvalue weighted by atomic mass is 10.1. The third-order valence-corrected chi connectivity index (χ3v) is 3.65. The Morgan fingerprint density at radius 1 is 1.30 bits per heavy atom. The number of anilines is 1. The van der Waals surface area contributed by atoms with Crippen molar-refractivity contribution in [2.45, 2.75) is 19.8 Å². The monoisotopic (exact) mass is 379 g/mol. The fourth-order valence-corrected chi connectivity index (χ4v) is 2.38. The molecule has 0 radical (unpaired) electrons. The van der Waals surface area contributed by atoms with Crippen LogP contribution >= 0.6 is 0 Å². The molecule has 10 heteroatoms. The molecule has 0 bridgehead atoms. The molecule has 1 saturated heterocycles. The largest absolute Gasteiger partial charge is 0.457 e. The molecule has 0 spiro atoms. The van der Waals surface area contributed by atoms with E-state index in [1.807, 2.05) is 0 Å². The van der Waals surface area contributed by atoms with Crippen LogP contribution in [0.4, 0.5) is 14.9 Å². The average Bonchev–Trinajstić information content (AvgIpc) is 2.91. The number of rotatable bonds is 8. The van der Waals surface area contributed by atoms with Crippen molar-refractivity contribution in [1.29, 1.82) is 0 Å². The number of Topliss-reactive ketones (excluding diaryl/α,β-unsaturated/α-hetero) is 1. The molecule has 2 rings (SSSR count). The van der Waals surface area contributed by atoms with E-state index in [0.29, 0.717) is 0 Å². The minimum Gasteiger partial charge on any atom is -0.457 e. The summed E-state index contributed by atoms with van der Waals surface area (Å²) in [6.07, 6.45) is 0.0836. The Bertz CT molecular complexity index is 779. The normalized spacial score (nSPS) is 13.3. The van der Waals surface area contributed by atoms with Crippen molar-refractivity contribution < 1.29 is 33.1 Å². The van der Waals surface area contributed by atoms with Gasteiger partial charge in [-0.15, -0.1) is 0 Å². The van der Waals surface area contributed by atoms with Gasteiger partial charge < -0.3 is 15.4 Å². The predicted molar refractivity (Wildman–Crippen MR) is 90.3 cm³/mol. The van der Waals surface area contributed by atoms with Gasteiger partial charge in [-0.05, 0) is 24.6 Å². The van der Waals surface area contributed by atoms with Crippen LogP contribution in [-0.2, 0) is 19.1 Å².